The Morgan fingerprint density at radius 1 is 0.480 bits per heavy atom. The summed E-state index contributed by atoms with van der Waals surface area (Å²) in [5, 5.41) is 11.4. The normalized spacial score (nSPS) is 15.8. The quantitative estimate of drug-likeness (QED) is 0.177. The summed E-state index contributed by atoms with van der Waals surface area (Å²) in [5.74, 6) is 0. The van der Waals surface area contributed by atoms with Crippen LogP contribution in [-0.2, 0) is 0 Å². The van der Waals surface area contributed by atoms with E-state index in [-0.39, 0.29) is 12.2 Å². The van der Waals surface area contributed by atoms with E-state index in [1.807, 2.05) is 0 Å². The number of aromatic nitrogens is 1. The summed E-state index contributed by atoms with van der Waals surface area (Å²) in [6.07, 6.45) is 2.22. The maximum absolute atomic E-state index is 5.51. The summed E-state index contributed by atoms with van der Waals surface area (Å²) in [4.78, 5) is 5.51. The van der Waals surface area contributed by atoms with Gasteiger partial charge in [-0.25, -0.2) is 4.98 Å². The molecule has 9 rings (SSSR count). The molecule has 0 radical (unpaired) electrons. The maximum atomic E-state index is 5.51. The van der Waals surface area contributed by atoms with E-state index < -0.39 is 0 Å². The van der Waals surface area contributed by atoms with Gasteiger partial charge in [0, 0.05) is 22.2 Å². The molecule has 50 heavy (non-hydrogen) atoms. The predicted octanol–water partition coefficient (Wildman–Crippen LogP) is 11.4. The molecule has 1 aromatic heterocycles. The molecule has 238 valence electrons. The number of hydrogen-bond acceptors (Lipinski definition) is 3. The van der Waals surface area contributed by atoms with Crippen molar-refractivity contribution in [2.24, 2.45) is 0 Å². The van der Waals surface area contributed by atoms with Crippen LogP contribution in [0.1, 0.15) is 28.9 Å². The summed E-state index contributed by atoms with van der Waals surface area (Å²) < 4.78 is 0. The minimum atomic E-state index is -0.125. The third-order valence-corrected chi connectivity index (χ3v) is 9.74. The van der Waals surface area contributed by atoms with E-state index in [9.17, 15) is 0 Å². The number of pyridine rings is 1. The Bertz CT molecular complexity index is 2460. The predicted molar refractivity (Wildman–Crippen MR) is 208 cm³/mol. The van der Waals surface area contributed by atoms with Crippen molar-refractivity contribution in [3.05, 3.63) is 205 Å². The van der Waals surface area contributed by atoms with Gasteiger partial charge in [0.15, 0.2) is 0 Å². The molecular weight excluding hydrogens is 607 g/mol. The van der Waals surface area contributed by atoms with Gasteiger partial charge in [-0.3, -0.25) is 5.32 Å². The zero-order valence-electron chi connectivity index (χ0n) is 27.5. The van der Waals surface area contributed by atoms with Crippen molar-refractivity contribution >= 4 is 27.4 Å². The molecule has 8 aromatic rings. The van der Waals surface area contributed by atoms with Crippen LogP contribution in [0.15, 0.2) is 188 Å². The topological polar surface area (TPSA) is 37.0 Å². The molecule has 1 aliphatic heterocycles. The lowest BCUT2D eigenvalue weighted by Gasteiger charge is -2.34. The highest BCUT2D eigenvalue weighted by molar-refractivity contribution is 6.15. The summed E-state index contributed by atoms with van der Waals surface area (Å²) in [6, 6.07) is 64.5. The number of nitrogens with one attached hydrogen (secondary N) is 2. The molecule has 0 aliphatic carbocycles. The Morgan fingerprint density at radius 2 is 1.04 bits per heavy atom. The van der Waals surface area contributed by atoms with Crippen LogP contribution in [0.4, 0.5) is 0 Å². The Balaban J connectivity index is 1.27. The molecule has 2 N–H and O–H groups in total. The lowest BCUT2D eigenvalue weighted by atomic mass is 9.89. The van der Waals surface area contributed by atoms with Gasteiger partial charge in [-0.15, -0.1) is 0 Å². The van der Waals surface area contributed by atoms with Crippen molar-refractivity contribution in [1.29, 1.82) is 0 Å². The molecule has 0 amide bonds. The Hall–Kier alpha value is -6.29. The smallest absolute Gasteiger partial charge is 0.104 e. The number of fused-ring (bicyclic) bond motifs is 3. The van der Waals surface area contributed by atoms with Crippen molar-refractivity contribution in [2.75, 3.05) is 0 Å². The van der Waals surface area contributed by atoms with Crippen molar-refractivity contribution < 1.29 is 0 Å². The van der Waals surface area contributed by atoms with Crippen LogP contribution in [0.3, 0.4) is 0 Å². The monoisotopic (exact) mass is 641 g/mol. The van der Waals surface area contributed by atoms with Gasteiger partial charge in [-0.05, 0) is 62.4 Å². The highest BCUT2D eigenvalue weighted by Gasteiger charge is 2.27. The number of hydrogen-bond donors (Lipinski definition) is 2. The lowest BCUT2D eigenvalue weighted by molar-refractivity contribution is 0.444. The minimum Gasteiger partial charge on any atom is -0.366 e. The lowest BCUT2D eigenvalue weighted by Crippen LogP contribution is -2.39. The first-order chi connectivity index (χ1) is 24.8. The fourth-order valence-corrected chi connectivity index (χ4v) is 7.25. The second-order valence-corrected chi connectivity index (χ2v) is 12.9. The van der Waals surface area contributed by atoms with Gasteiger partial charge in [0.2, 0.25) is 0 Å². The van der Waals surface area contributed by atoms with E-state index in [1.54, 1.807) is 0 Å². The molecule has 0 saturated heterocycles. The van der Waals surface area contributed by atoms with Crippen LogP contribution in [-0.4, -0.2) is 4.98 Å². The van der Waals surface area contributed by atoms with Crippen LogP contribution >= 0.6 is 0 Å². The molecule has 3 nitrogen and oxygen atoms in total. The van der Waals surface area contributed by atoms with Crippen molar-refractivity contribution in [3.63, 3.8) is 0 Å². The largest absolute Gasteiger partial charge is 0.366 e. The average Bonchev–Trinajstić information content (AvgIpc) is 3.21. The van der Waals surface area contributed by atoms with Gasteiger partial charge in [0.1, 0.15) is 6.17 Å². The van der Waals surface area contributed by atoms with E-state index in [1.165, 1.54) is 44.0 Å². The van der Waals surface area contributed by atoms with Crippen LogP contribution in [0.2, 0.25) is 0 Å². The highest BCUT2D eigenvalue weighted by atomic mass is 15.2. The molecule has 2 atom stereocenters. The van der Waals surface area contributed by atoms with E-state index in [2.05, 4.69) is 199 Å². The van der Waals surface area contributed by atoms with Crippen molar-refractivity contribution in [3.8, 4) is 33.5 Å². The Morgan fingerprint density at radius 3 is 1.74 bits per heavy atom. The molecule has 2 unspecified atom stereocenters. The standard InChI is InChI=1S/C47H35N3/c1-5-15-32(16-6-1)33-25-27-36(28-26-33)43-31-44(50-47(49-43)37-21-11-4-12-22-37)41-29-38-23-13-14-24-39(38)45-40(34-17-7-2-8-18-34)30-42(48-46(41)45)35-19-9-3-10-20-35/h1-31,44,47,49-50H. The summed E-state index contributed by atoms with van der Waals surface area (Å²) in [5.41, 5.74) is 12.4. The summed E-state index contributed by atoms with van der Waals surface area (Å²) >= 11 is 0. The fourth-order valence-electron chi connectivity index (χ4n) is 7.25. The Labute approximate surface area is 292 Å². The van der Waals surface area contributed by atoms with E-state index >= 15 is 0 Å². The summed E-state index contributed by atoms with van der Waals surface area (Å²) in [7, 11) is 0. The fraction of sp³-hybridized carbons (Fsp3) is 0.0426. The van der Waals surface area contributed by atoms with Crippen LogP contribution in [0.25, 0.3) is 60.9 Å². The molecule has 1 aliphatic rings. The minimum absolute atomic E-state index is 0.109. The maximum Gasteiger partial charge on any atom is 0.104 e. The third-order valence-electron chi connectivity index (χ3n) is 9.74. The van der Waals surface area contributed by atoms with E-state index in [4.69, 9.17) is 4.98 Å². The van der Waals surface area contributed by atoms with Gasteiger partial charge in [-0.1, -0.05) is 170 Å². The molecule has 0 spiro atoms. The molecular formula is C47H35N3. The SMILES string of the molecule is C1=C(c2ccc(-c3ccccc3)cc2)NC(c2ccccc2)NC1c1cc2ccccc2c2c(-c3ccccc3)cc(-c3ccccc3)nc12. The van der Waals surface area contributed by atoms with Gasteiger partial charge < -0.3 is 5.32 Å². The van der Waals surface area contributed by atoms with Gasteiger partial charge in [0.25, 0.3) is 0 Å². The van der Waals surface area contributed by atoms with Gasteiger partial charge in [-0.2, -0.15) is 0 Å². The van der Waals surface area contributed by atoms with Crippen molar-refractivity contribution in [2.45, 2.75) is 12.2 Å². The second kappa shape index (κ2) is 13.0. The molecule has 0 fully saturated rings. The highest BCUT2D eigenvalue weighted by Crippen LogP contribution is 2.41. The first-order valence-electron chi connectivity index (χ1n) is 17.2. The second-order valence-electron chi connectivity index (χ2n) is 12.9. The molecule has 2 heterocycles. The molecule has 0 saturated carbocycles. The zero-order valence-corrected chi connectivity index (χ0v) is 27.5. The van der Waals surface area contributed by atoms with Crippen LogP contribution in [0.5, 0.6) is 0 Å². The number of benzene rings is 7. The van der Waals surface area contributed by atoms with Gasteiger partial charge in [0.05, 0.1) is 17.3 Å². The summed E-state index contributed by atoms with van der Waals surface area (Å²) in [6.45, 7) is 0. The van der Waals surface area contributed by atoms with E-state index in [0.717, 1.165) is 33.6 Å². The molecule has 0 bridgehead atoms. The molecule has 7 aromatic carbocycles. The average molecular weight is 642 g/mol. The zero-order chi connectivity index (χ0) is 33.3. The van der Waals surface area contributed by atoms with Crippen LogP contribution < -0.4 is 10.6 Å². The van der Waals surface area contributed by atoms with Crippen molar-refractivity contribution in [1.82, 2.24) is 15.6 Å². The first kappa shape index (κ1) is 29.8. The number of rotatable bonds is 6. The van der Waals surface area contributed by atoms with Crippen LogP contribution in [0, 0.1) is 0 Å². The Kier molecular flexibility index (Phi) is 7.73. The van der Waals surface area contributed by atoms with E-state index in [0.29, 0.717) is 0 Å². The third kappa shape index (κ3) is 5.64. The first-order valence-corrected chi connectivity index (χ1v) is 17.2. The molecule has 3 heteroatoms. The number of nitrogens with zero attached hydrogens (tertiary/aromatic N) is 1. The van der Waals surface area contributed by atoms with Gasteiger partial charge >= 0.3 is 0 Å².